The van der Waals surface area contributed by atoms with Gasteiger partial charge in [0.1, 0.15) is 10.2 Å². The summed E-state index contributed by atoms with van der Waals surface area (Å²) in [4.78, 5) is 30.4. The quantitative estimate of drug-likeness (QED) is 0.751. The molecule has 0 atom stereocenters. The number of benzene rings is 1. The summed E-state index contributed by atoms with van der Waals surface area (Å²) >= 11 is 7.43. The third-order valence-corrected chi connectivity index (χ3v) is 5.43. The van der Waals surface area contributed by atoms with E-state index in [-0.39, 0.29) is 17.5 Å². The van der Waals surface area contributed by atoms with Gasteiger partial charge in [-0.05, 0) is 32.4 Å². The predicted molar refractivity (Wildman–Crippen MR) is 102 cm³/mol. The molecular weight excluding hydrogens is 358 g/mol. The molecule has 1 amide bonds. The lowest BCUT2D eigenvalue weighted by atomic mass is 10.2. The normalized spacial score (nSPS) is 11.2. The van der Waals surface area contributed by atoms with Gasteiger partial charge in [0.2, 0.25) is 0 Å². The minimum atomic E-state index is -0.252. The number of fused-ring (bicyclic) bond motifs is 1. The van der Waals surface area contributed by atoms with Crippen LogP contribution < -0.4 is 10.9 Å². The Bertz CT molecular complexity index is 1010. The lowest BCUT2D eigenvalue weighted by Gasteiger charge is -2.09. The second-order valence-corrected chi connectivity index (χ2v) is 7.67. The SMILES string of the molecule is Cc1sc2c(=O)n(C(C)C)cnc2c1C(=O)NCc1ccccc1Cl. The Morgan fingerprint density at radius 1 is 1.36 bits per heavy atom. The van der Waals surface area contributed by atoms with Gasteiger partial charge in [-0.15, -0.1) is 11.3 Å². The van der Waals surface area contributed by atoms with Crippen LogP contribution in [-0.2, 0) is 6.54 Å². The lowest BCUT2D eigenvalue weighted by Crippen LogP contribution is -2.25. The number of hydrogen-bond donors (Lipinski definition) is 1. The highest BCUT2D eigenvalue weighted by Crippen LogP contribution is 2.27. The van der Waals surface area contributed by atoms with E-state index in [0.29, 0.717) is 27.3 Å². The lowest BCUT2D eigenvalue weighted by molar-refractivity contribution is 0.0952. The van der Waals surface area contributed by atoms with E-state index >= 15 is 0 Å². The molecule has 0 spiro atoms. The van der Waals surface area contributed by atoms with Crippen LogP contribution in [0.4, 0.5) is 0 Å². The van der Waals surface area contributed by atoms with E-state index in [1.807, 2.05) is 39.0 Å². The molecule has 25 heavy (non-hydrogen) atoms. The van der Waals surface area contributed by atoms with Crippen LogP contribution in [0, 0.1) is 6.92 Å². The van der Waals surface area contributed by atoms with Gasteiger partial charge in [-0.25, -0.2) is 4.98 Å². The fraction of sp³-hybridized carbons (Fsp3) is 0.278. The maximum absolute atomic E-state index is 12.7. The van der Waals surface area contributed by atoms with Gasteiger partial charge in [-0.2, -0.15) is 0 Å². The van der Waals surface area contributed by atoms with Crippen molar-refractivity contribution < 1.29 is 4.79 Å². The summed E-state index contributed by atoms with van der Waals surface area (Å²) in [6, 6.07) is 7.37. The fourth-order valence-electron chi connectivity index (χ4n) is 2.63. The minimum absolute atomic E-state index is 0.0179. The molecule has 130 valence electrons. The van der Waals surface area contributed by atoms with E-state index < -0.39 is 0 Å². The second-order valence-electron chi connectivity index (χ2n) is 6.04. The van der Waals surface area contributed by atoms with E-state index in [4.69, 9.17) is 11.6 Å². The smallest absolute Gasteiger partial charge is 0.271 e. The molecule has 5 nitrogen and oxygen atoms in total. The molecule has 0 unspecified atom stereocenters. The highest BCUT2D eigenvalue weighted by atomic mass is 35.5. The van der Waals surface area contributed by atoms with Crippen LogP contribution in [0.15, 0.2) is 35.4 Å². The number of nitrogens with one attached hydrogen (secondary N) is 1. The summed E-state index contributed by atoms with van der Waals surface area (Å²) in [5.41, 5.74) is 1.64. The molecule has 0 bridgehead atoms. The molecule has 7 heteroatoms. The number of thiophene rings is 1. The molecule has 2 aromatic heterocycles. The molecular formula is C18H18ClN3O2S. The third-order valence-electron chi connectivity index (χ3n) is 3.98. The van der Waals surface area contributed by atoms with Crippen LogP contribution in [0.5, 0.6) is 0 Å². The van der Waals surface area contributed by atoms with Crippen molar-refractivity contribution in [2.24, 2.45) is 0 Å². The van der Waals surface area contributed by atoms with Gasteiger partial charge < -0.3 is 5.32 Å². The number of amides is 1. The first-order chi connectivity index (χ1) is 11.9. The zero-order chi connectivity index (χ0) is 18.1. The molecule has 0 aliphatic carbocycles. The van der Waals surface area contributed by atoms with Gasteiger partial charge in [-0.3, -0.25) is 14.2 Å². The van der Waals surface area contributed by atoms with Crippen LogP contribution in [0.3, 0.4) is 0 Å². The molecule has 2 heterocycles. The Hall–Kier alpha value is -2.18. The van der Waals surface area contributed by atoms with Gasteiger partial charge in [0.05, 0.1) is 11.9 Å². The standard InChI is InChI=1S/C18H18ClN3O2S/c1-10(2)22-9-21-15-14(11(3)25-16(15)18(22)24)17(23)20-8-12-6-4-5-7-13(12)19/h4-7,9-10H,8H2,1-3H3,(H,20,23). The molecule has 0 saturated carbocycles. The molecule has 0 radical (unpaired) electrons. The summed E-state index contributed by atoms with van der Waals surface area (Å²) in [7, 11) is 0. The Morgan fingerprint density at radius 3 is 2.76 bits per heavy atom. The number of rotatable bonds is 4. The second kappa shape index (κ2) is 6.98. The highest BCUT2D eigenvalue weighted by molar-refractivity contribution is 7.19. The maximum Gasteiger partial charge on any atom is 0.271 e. The van der Waals surface area contributed by atoms with Crippen molar-refractivity contribution in [1.82, 2.24) is 14.9 Å². The summed E-state index contributed by atoms with van der Waals surface area (Å²) in [6.07, 6.45) is 1.51. The molecule has 1 N–H and O–H groups in total. The molecule has 3 rings (SSSR count). The van der Waals surface area contributed by atoms with Crippen LogP contribution >= 0.6 is 22.9 Å². The molecule has 0 fully saturated rings. The van der Waals surface area contributed by atoms with Crippen molar-refractivity contribution in [3.63, 3.8) is 0 Å². The average Bonchev–Trinajstić information content (AvgIpc) is 2.91. The number of aryl methyl sites for hydroxylation is 1. The molecule has 1 aromatic carbocycles. The molecule has 0 aliphatic rings. The van der Waals surface area contributed by atoms with Crippen molar-refractivity contribution in [1.29, 1.82) is 0 Å². The van der Waals surface area contributed by atoms with Crippen LogP contribution in [0.2, 0.25) is 5.02 Å². The third kappa shape index (κ3) is 3.32. The number of carbonyl (C=O) groups excluding carboxylic acids is 1. The zero-order valence-electron chi connectivity index (χ0n) is 14.2. The van der Waals surface area contributed by atoms with E-state index in [2.05, 4.69) is 10.3 Å². The summed E-state index contributed by atoms with van der Waals surface area (Å²) in [6.45, 7) is 5.99. The Balaban J connectivity index is 1.94. The number of carbonyl (C=O) groups is 1. The van der Waals surface area contributed by atoms with Crippen molar-refractivity contribution in [2.45, 2.75) is 33.4 Å². The first kappa shape index (κ1) is 17.6. The monoisotopic (exact) mass is 375 g/mol. The Labute approximate surface area is 154 Å². The maximum atomic E-state index is 12.7. The number of nitrogens with zero attached hydrogens (tertiary/aromatic N) is 2. The van der Waals surface area contributed by atoms with Gasteiger partial charge >= 0.3 is 0 Å². The largest absolute Gasteiger partial charge is 0.348 e. The number of halogens is 1. The van der Waals surface area contributed by atoms with E-state index in [1.165, 1.54) is 17.7 Å². The molecule has 0 saturated heterocycles. The molecule has 3 aromatic rings. The summed E-state index contributed by atoms with van der Waals surface area (Å²) in [5, 5.41) is 3.47. The summed E-state index contributed by atoms with van der Waals surface area (Å²) in [5.74, 6) is -0.252. The summed E-state index contributed by atoms with van der Waals surface area (Å²) < 4.78 is 2.08. The highest BCUT2D eigenvalue weighted by Gasteiger charge is 2.20. The van der Waals surface area contributed by atoms with Crippen molar-refractivity contribution in [3.05, 3.63) is 62.0 Å². The Kier molecular flexibility index (Phi) is 4.92. The van der Waals surface area contributed by atoms with Crippen molar-refractivity contribution in [3.8, 4) is 0 Å². The zero-order valence-corrected chi connectivity index (χ0v) is 15.7. The van der Waals surface area contributed by atoms with E-state index in [0.717, 1.165) is 10.4 Å². The van der Waals surface area contributed by atoms with E-state index in [1.54, 1.807) is 10.6 Å². The van der Waals surface area contributed by atoms with Gasteiger partial charge in [0.15, 0.2) is 0 Å². The predicted octanol–water partition coefficient (Wildman–Crippen LogP) is 3.93. The fourth-order valence-corrected chi connectivity index (χ4v) is 3.88. The number of hydrogen-bond acceptors (Lipinski definition) is 4. The minimum Gasteiger partial charge on any atom is -0.348 e. The van der Waals surface area contributed by atoms with Crippen LogP contribution in [0.1, 0.15) is 40.7 Å². The van der Waals surface area contributed by atoms with Crippen molar-refractivity contribution >= 4 is 39.1 Å². The van der Waals surface area contributed by atoms with Crippen molar-refractivity contribution in [2.75, 3.05) is 0 Å². The average molecular weight is 376 g/mol. The first-order valence-electron chi connectivity index (χ1n) is 7.92. The molecule has 0 aliphatic heterocycles. The first-order valence-corrected chi connectivity index (χ1v) is 9.11. The van der Waals surface area contributed by atoms with Gasteiger partial charge in [0, 0.05) is 22.5 Å². The van der Waals surface area contributed by atoms with Crippen LogP contribution in [-0.4, -0.2) is 15.5 Å². The van der Waals surface area contributed by atoms with Gasteiger partial charge in [-0.1, -0.05) is 29.8 Å². The Morgan fingerprint density at radius 2 is 2.08 bits per heavy atom. The number of aromatic nitrogens is 2. The van der Waals surface area contributed by atoms with E-state index in [9.17, 15) is 9.59 Å². The topological polar surface area (TPSA) is 64.0 Å². The van der Waals surface area contributed by atoms with Gasteiger partial charge in [0.25, 0.3) is 11.5 Å². The van der Waals surface area contributed by atoms with Crippen LogP contribution in [0.25, 0.3) is 10.2 Å².